The van der Waals surface area contributed by atoms with E-state index < -0.39 is 12.0 Å². The molecule has 0 aliphatic carbocycles. The van der Waals surface area contributed by atoms with Crippen molar-refractivity contribution in [2.24, 2.45) is 5.73 Å². The van der Waals surface area contributed by atoms with Gasteiger partial charge in [0, 0.05) is 38.6 Å². The molecule has 19 heavy (non-hydrogen) atoms. The smallest absolute Gasteiger partial charge is 0.320 e. The zero-order valence-corrected chi connectivity index (χ0v) is 11.3. The van der Waals surface area contributed by atoms with Crippen LogP contribution in [0.15, 0.2) is 24.9 Å². The second-order valence-electron chi connectivity index (χ2n) is 4.31. The molecule has 2 heterocycles. The molecular weight excluding hydrogens is 246 g/mol. The average Bonchev–Trinajstić information content (AvgIpc) is 3.01. The summed E-state index contributed by atoms with van der Waals surface area (Å²) in [5.41, 5.74) is 5.92. The van der Waals surface area contributed by atoms with Gasteiger partial charge in [-0.2, -0.15) is 0 Å². The molecule has 0 saturated heterocycles. The van der Waals surface area contributed by atoms with E-state index in [4.69, 9.17) is 10.8 Å². The van der Waals surface area contributed by atoms with Crippen LogP contribution in [0.4, 0.5) is 0 Å². The molecule has 1 aromatic rings. The minimum Gasteiger partial charge on any atom is -0.480 e. The van der Waals surface area contributed by atoms with E-state index in [9.17, 15) is 4.79 Å². The van der Waals surface area contributed by atoms with Crippen molar-refractivity contribution in [1.29, 1.82) is 0 Å². The van der Waals surface area contributed by atoms with Gasteiger partial charge in [-0.3, -0.25) is 4.79 Å². The Morgan fingerprint density at radius 3 is 2.74 bits per heavy atom. The average molecular weight is 267 g/mol. The van der Waals surface area contributed by atoms with Gasteiger partial charge >= 0.3 is 5.97 Å². The summed E-state index contributed by atoms with van der Waals surface area (Å²) in [6.07, 6.45) is 7.58. The quantitative estimate of drug-likeness (QED) is 0.713. The summed E-state index contributed by atoms with van der Waals surface area (Å²) < 4.78 is 0. The number of nitrogens with one attached hydrogen (secondary N) is 1. The first kappa shape index (κ1) is 15.0. The molecule has 1 aliphatic heterocycles. The highest BCUT2D eigenvalue weighted by atomic mass is 16.4. The Morgan fingerprint density at radius 2 is 2.37 bits per heavy atom. The van der Waals surface area contributed by atoms with E-state index in [2.05, 4.69) is 46.1 Å². The molecule has 4 N–H and O–H groups in total. The van der Waals surface area contributed by atoms with Crippen LogP contribution in [-0.4, -0.2) is 57.1 Å². The number of hydrogen-bond acceptors (Lipinski definition) is 5. The molecule has 0 spiro atoms. The van der Waals surface area contributed by atoms with Crippen molar-refractivity contribution in [3.8, 4) is 0 Å². The van der Waals surface area contributed by atoms with Gasteiger partial charge in [-0.05, 0) is 6.92 Å². The first-order chi connectivity index (χ1) is 9.02. The second kappa shape index (κ2) is 7.42. The fraction of sp³-hybridized carbons (Fsp3) is 0.500. The summed E-state index contributed by atoms with van der Waals surface area (Å²) in [4.78, 5) is 21.2. The number of aromatic nitrogens is 2. The number of carboxylic acid groups (broad SMARTS) is 1. The topological polar surface area (TPSA) is 98.5 Å². The Morgan fingerprint density at radius 1 is 1.63 bits per heavy atom. The maximum Gasteiger partial charge on any atom is 0.320 e. The van der Waals surface area contributed by atoms with Crippen LogP contribution in [0, 0.1) is 0 Å². The zero-order chi connectivity index (χ0) is 14.3. The zero-order valence-electron chi connectivity index (χ0n) is 11.3. The molecular formula is C12H21N5O2. The molecule has 0 amide bonds. The van der Waals surface area contributed by atoms with Crippen molar-refractivity contribution < 1.29 is 9.90 Å². The van der Waals surface area contributed by atoms with Gasteiger partial charge in [-0.15, -0.1) is 0 Å². The third-order valence-electron chi connectivity index (χ3n) is 2.64. The van der Waals surface area contributed by atoms with Gasteiger partial charge in [-0.1, -0.05) is 0 Å². The van der Waals surface area contributed by atoms with Crippen LogP contribution >= 0.6 is 0 Å². The van der Waals surface area contributed by atoms with E-state index in [0.29, 0.717) is 5.69 Å². The highest BCUT2D eigenvalue weighted by molar-refractivity contribution is 5.73. The van der Waals surface area contributed by atoms with Crippen molar-refractivity contribution >= 4 is 5.97 Å². The van der Waals surface area contributed by atoms with Crippen LogP contribution in [0.5, 0.6) is 0 Å². The third kappa shape index (κ3) is 5.43. The fourth-order valence-corrected chi connectivity index (χ4v) is 1.51. The molecule has 106 valence electrons. The van der Waals surface area contributed by atoms with E-state index in [1.54, 1.807) is 6.20 Å². The van der Waals surface area contributed by atoms with E-state index in [-0.39, 0.29) is 6.42 Å². The number of aromatic amines is 1. The normalized spacial score (nSPS) is 15.1. The first-order valence-corrected chi connectivity index (χ1v) is 6.11. The van der Waals surface area contributed by atoms with Crippen molar-refractivity contribution in [1.82, 2.24) is 19.8 Å². The number of H-pyrrole nitrogens is 1. The van der Waals surface area contributed by atoms with Crippen molar-refractivity contribution in [2.45, 2.75) is 19.4 Å². The van der Waals surface area contributed by atoms with Gasteiger partial charge in [0.1, 0.15) is 6.04 Å². The van der Waals surface area contributed by atoms with Gasteiger partial charge in [0.2, 0.25) is 0 Å². The SMILES string of the molecule is CCN1C=CN(C)C1.N[C@@H](Cc1c[nH]cn1)C(=O)O. The molecule has 0 fully saturated rings. The second-order valence-corrected chi connectivity index (χ2v) is 4.31. The monoisotopic (exact) mass is 267 g/mol. The van der Waals surface area contributed by atoms with Crippen LogP contribution in [0.2, 0.25) is 0 Å². The Hall–Kier alpha value is -2.02. The van der Waals surface area contributed by atoms with Gasteiger partial charge in [0.15, 0.2) is 0 Å². The predicted octanol–water partition coefficient (Wildman–Crippen LogP) is 0.0465. The summed E-state index contributed by atoms with van der Waals surface area (Å²) in [6, 6.07) is -0.863. The Kier molecular flexibility index (Phi) is 5.87. The summed E-state index contributed by atoms with van der Waals surface area (Å²) in [7, 11) is 2.08. The largest absolute Gasteiger partial charge is 0.480 e. The standard InChI is InChI=1S/C6H9N3O2.C6H12N2/c7-5(6(10)11)1-4-2-8-3-9-4;1-3-8-5-4-7(2)6-8/h2-3,5H,1,7H2,(H,8,9)(H,10,11);4-5H,3,6H2,1-2H3/t5-;/m0./s1. The maximum atomic E-state index is 10.3. The minimum atomic E-state index is -1.01. The molecule has 0 aromatic carbocycles. The summed E-state index contributed by atoms with van der Waals surface area (Å²) in [5.74, 6) is -1.01. The summed E-state index contributed by atoms with van der Waals surface area (Å²) >= 11 is 0. The van der Waals surface area contributed by atoms with Crippen LogP contribution in [0.25, 0.3) is 0 Å². The van der Waals surface area contributed by atoms with Crippen LogP contribution < -0.4 is 5.73 Å². The lowest BCUT2D eigenvalue weighted by molar-refractivity contribution is -0.138. The molecule has 2 rings (SSSR count). The van der Waals surface area contributed by atoms with E-state index >= 15 is 0 Å². The lowest BCUT2D eigenvalue weighted by Gasteiger charge is -2.14. The van der Waals surface area contributed by atoms with Gasteiger partial charge in [0.05, 0.1) is 18.7 Å². The number of carbonyl (C=O) groups is 1. The van der Waals surface area contributed by atoms with Gasteiger partial charge < -0.3 is 25.6 Å². The fourth-order valence-electron chi connectivity index (χ4n) is 1.51. The molecule has 0 unspecified atom stereocenters. The molecule has 1 aromatic heterocycles. The maximum absolute atomic E-state index is 10.3. The van der Waals surface area contributed by atoms with E-state index in [1.165, 1.54) is 6.33 Å². The summed E-state index contributed by atoms with van der Waals surface area (Å²) in [5, 5.41) is 8.42. The molecule has 0 radical (unpaired) electrons. The van der Waals surface area contributed by atoms with Crippen LogP contribution in [0.3, 0.4) is 0 Å². The first-order valence-electron chi connectivity index (χ1n) is 6.11. The highest BCUT2D eigenvalue weighted by Gasteiger charge is 2.12. The predicted molar refractivity (Wildman–Crippen MR) is 72.1 cm³/mol. The number of hydrogen-bond donors (Lipinski definition) is 3. The molecule has 7 nitrogen and oxygen atoms in total. The van der Waals surface area contributed by atoms with E-state index in [1.807, 2.05) is 0 Å². The number of aliphatic carboxylic acids is 1. The van der Waals surface area contributed by atoms with Gasteiger partial charge in [-0.25, -0.2) is 4.98 Å². The van der Waals surface area contributed by atoms with Gasteiger partial charge in [0.25, 0.3) is 0 Å². The van der Waals surface area contributed by atoms with Crippen molar-refractivity contribution in [2.75, 3.05) is 20.3 Å². The van der Waals surface area contributed by atoms with E-state index in [0.717, 1.165) is 13.2 Å². The summed E-state index contributed by atoms with van der Waals surface area (Å²) in [6.45, 7) is 4.32. The third-order valence-corrected chi connectivity index (χ3v) is 2.64. The van der Waals surface area contributed by atoms with Crippen LogP contribution in [0.1, 0.15) is 12.6 Å². The number of imidazole rings is 1. The molecule has 0 bridgehead atoms. The van der Waals surface area contributed by atoms with Crippen molar-refractivity contribution in [3.05, 3.63) is 30.6 Å². The Bertz CT molecular complexity index is 404. The molecule has 7 heteroatoms. The highest BCUT2D eigenvalue weighted by Crippen LogP contribution is 2.00. The molecule has 1 atom stereocenters. The number of nitrogens with two attached hydrogens (primary N) is 1. The lowest BCUT2D eigenvalue weighted by Crippen LogP contribution is -2.32. The Labute approximate surface area is 112 Å². The van der Waals surface area contributed by atoms with Crippen molar-refractivity contribution in [3.63, 3.8) is 0 Å². The number of nitrogens with zero attached hydrogens (tertiary/aromatic N) is 3. The number of rotatable bonds is 4. The Balaban J connectivity index is 0.000000200. The minimum absolute atomic E-state index is 0.263. The molecule has 0 saturated carbocycles. The molecule has 1 aliphatic rings. The number of carboxylic acids is 1. The van der Waals surface area contributed by atoms with Crippen LogP contribution in [-0.2, 0) is 11.2 Å². The lowest BCUT2D eigenvalue weighted by atomic mass is 10.2.